The number of para-hydroxylation sites is 1. The van der Waals surface area contributed by atoms with Gasteiger partial charge < -0.3 is 4.90 Å². The molecule has 0 saturated carbocycles. The Kier molecular flexibility index (Phi) is 7.11. The Morgan fingerprint density at radius 3 is 1.98 bits per heavy atom. The topological polar surface area (TPSA) is 16.1 Å². The minimum atomic E-state index is -0.179. The molecule has 260 valence electrons. The fraction of sp³-hybridized carbons (Fsp3) is 0.0577. The standard InChI is InChI=1S/C52H36N2S/c1-52(2)45-23-10-8-19-39(45)41-22-13-25-47(50(41)52)54(36-17-12-16-34(30-36)33-14-4-3-5-15-33)37-27-29-49-44(32-37)43-31-35(26-28-48(43)55-49)51-42-21-7-6-18-38(42)40-20-9-11-24-46(40)53-51/h3-32H,1-2H3. The highest BCUT2D eigenvalue weighted by atomic mass is 32.1. The van der Waals surface area contributed by atoms with Crippen molar-refractivity contribution in [1.82, 2.24) is 4.98 Å². The number of fused-ring (bicyclic) bond motifs is 9. The third-order valence-electron chi connectivity index (χ3n) is 11.6. The van der Waals surface area contributed by atoms with Crippen molar-refractivity contribution in [2.75, 3.05) is 4.90 Å². The predicted octanol–water partition coefficient (Wildman–Crippen LogP) is 14.9. The summed E-state index contributed by atoms with van der Waals surface area (Å²) in [6.07, 6.45) is 0. The van der Waals surface area contributed by atoms with E-state index in [4.69, 9.17) is 4.98 Å². The number of nitrogens with zero attached hydrogens (tertiary/aromatic N) is 2. The van der Waals surface area contributed by atoms with Crippen molar-refractivity contribution in [2.24, 2.45) is 0 Å². The van der Waals surface area contributed by atoms with E-state index >= 15 is 0 Å². The van der Waals surface area contributed by atoms with Crippen LogP contribution in [0.1, 0.15) is 25.0 Å². The lowest BCUT2D eigenvalue weighted by Crippen LogP contribution is -2.20. The minimum absolute atomic E-state index is 0.179. The second kappa shape index (κ2) is 12.2. The van der Waals surface area contributed by atoms with Crippen LogP contribution in [0.5, 0.6) is 0 Å². The first-order chi connectivity index (χ1) is 27.0. The maximum absolute atomic E-state index is 5.26. The minimum Gasteiger partial charge on any atom is -0.310 e. The Labute approximate surface area is 324 Å². The predicted molar refractivity (Wildman–Crippen MR) is 235 cm³/mol. The highest BCUT2D eigenvalue weighted by Gasteiger charge is 2.38. The molecule has 1 aliphatic rings. The maximum Gasteiger partial charge on any atom is 0.0788 e. The highest BCUT2D eigenvalue weighted by molar-refractivity contribution is 7.25. The quantitative estimate of drug-likeness (QED) is 0.165. The van der Waals surface area contributed by atoms with Crippen LogP contribution in [0.25, 0.3) is 75.4 Å². The highest BCUT2D eigenvalue weighted by Crippen LogP contribution is 2.54. The molecule has 2 aromatic heterocycles. The number of aromatic nitrogens is 1. The van der Waals surface area contributed by atoms with Crippen LogP contribution < -0.4 is 4.90 Å². The fourth-order valence-corrected chi connectivity index (χ4v) is 10.1. The molecule has 3 heteroatoms. The van der Waals surface area contributed by atoms with Gasteiger partial charge in [0.2, 0.25) is 0 Å². The molecule has 10 aromatic rings. The van der Waals surface area contributed by atoms with Gasteiger partial charge in [0, 0.05) is 53.3 Å². The summed E-state index contributed by atoms with van der Waals surface area (Å²) in [6.45, 7) is 4.75. The molecule has 55 heavy (non-hydrogen) atoms. The number of benzene rings is 8. The van der Waals surface area contributed by atoms with Crippen LogP contribution in [0.15, 0.2) is 182 Å². The number of anilines is 3. The Morgan fingerprint density at radius 2 is 1.11 bits per heavy atom. The Hall–Kier alpha value is -6.55. The molecule has 0 spiro atoms. The van der Waals surface area contributed by atoms with Crippen LogP contribution in [-0.2, 0) is 5.41 Å². The molecule has 11 rings (SSSR count). The summed E-state index contributed by atoms with van der Waals surface area (Å²) in [5, 5.41) is 6.09. The number of rotatable bonds is 5. The van der Waals surface area contributed by atoms with Crippen LogP contribution in [0, 0.1) is 0 Å². The summed E-state index contributed by atoms with van der Waals surface area (Å²) in [5.74, 6) is 0. The van der Waals surface area contributed by atoms with Gasteiger partial charge in [-0.2, -0.15) is 0 Å². The van der Waals surface area contributed by atoms with Gasteiger partial charge in [0.05, 0.1) is 16.9 Å². The average molecular weight is 721 g/mol. The third kappa shape index (κ3) is 4.97. The number of hydrogen-bond donors (Lipinski definition) is 0. The Morgan fingerprint density at radius 1 is 0.455 bits per heavy atom. The summed E-state index contributed by atoms with van der Waals surface area (Å²) in [5.41, 5.74) is 14.2. The number of thiophene rings is 1. The second-order valence-corrected chi connectivity index (χ2v) is 16.2. The van der Waals surface area contributed by atoms with E-state index in [-0.39, 0.29) is 5.41 Å². The lowest BCUT2D eigenvalue weighted by atomic mass is 9.81. The fourth-order valence-electron chi connectivity index (χ4n) is 9.06. The van der Waals surface area contributed by atoms with Crippen LogP contribution in [-0.4, -0.2) is 4.98 Å². The maximum atomic E-state index is 5.26. The Bertz CT molecular complexity index is 3140. The summed E-state index contributed by atoms with van der Waals surface area (Å²) in [4.78, 5) is 7.75. The van der Waals surface area contributed by atoms with Gasteiger partial charge in [-0.1, -0.05) is 141 Å². The van der Waals surface area contributed by atoms with Crippen molar-refractivity contribution in [1.29, 1.82) is 0 Å². The molecule has 0 amide bonds. The van der Waals surface area contributed by atoms with Crippen LogP contribution >= 0.6 is 11.3 Å². The molecule has 0 aliphatic heterocycles. The molecular formula is C52H36N2S. The molecule has 8 aromatic carbocycles. The SMILES string of the molecule is CC1(C)c2ccccc2-c2cccc(N(c3cccc(-c4ccccc4)c3)c3ccc4sc5ccc(-c6nc7ccccc7c7ccccc67)cc5c4c3)c21. The molecule has 0 fully saturated rings. The normalized spacial score (nSPS) is 13.1. The van der Waals surface area contributed by atoms with E-state index in [1.165, 1.54) is 75.4 Å². The molecule has 0 N–H and O–H groups in total. The average Bonchev–Trinajstić information content (AvgIpc) is 3.72. The molecule has 0 unspecified atom stereocenters. The molecular weight excluding hydrogens is 685 g/mol. The summed E-state index contributed by atoms with van der Waals surface area (Å²) >= 11 is 1.86. The van der Waals surface area contributed by atoms with E-state index in [1.807, 2.05) is 11.3 Å². The molecule has 1 aliphatic carbocycles. The number of hydrogen-bond acceptors (Lipinski definition) is 3. The van der Waals surface area contributed by atoms with Crippen molar-refractivity contribution in [3.63, 3.8) is 0 Å². The first kappa shape index (κ1) is 31.9. The van der Waals surface area contributed by atoms with E-state index in [2.05, 4.69) is 201 Å². The lowest BCUT2D eigenvalue weighted by molar-refractivity contribution is 0.661. The molecule has 0 atom stereocenters. The van der Waals surface area contributed by atoms with Gasteiger partial charge in [0.25, 0.3) is 0 Å². The van der Waals surface area contributed by atoms with Crippen molar-refractivity contribution < 1.29 is 0 Å². The first-order valence-electron chi connectivity index (χ1n) is 19.0. The van der Waals surface area contributed by atoms with Gasteiger partial charge in [0.15, 0.2) is 0 Å². The monoisotopic (exact) mass is 720 g/mol. The van der Waals surface area contributed by atoms with E-state index in [9.17, 15) is 0 Å². The molecule has 0 saturated heterocycles. The lowest BCUT2D eigenvalue weighted by Gasteiger charge is -2.32. The van der Waals surface area contributed by atoms with Crippen molar-refractivity contribution in [2.45, 2.75) is 19.3 Å². The first-order valence-corrected chi connectivity index (χ1v) is 19.8. The van der Waals surface area contributed by atoms with Gasteiger partial charge in [-0.15, -0.1) is 11.3 Å². The zero-order chi connectivity index (χ0) is 36.7. The molecule has 2 nitrogen and oxygen atoms in total. The molecule has 2 heterocycles. The summed E-state index contributed by atoms with van der Waals surface area (Å²) < 4.78 is 2.55. The zero-order valence-corrected chi connectivity index (χ0v) is 31.4. The van der Waals surface area contributed by atoms with Gasteiger partial charge in [0.1, 0.15) is 0 Å². The van der Waals surface area contributed by atoms with Gasteiger partial charge in [-0.3, -0.25) is 0 Å². The smallest absolute Gasteiger partial charge is 0.0788 e. The van der Waals surface area contributed by atoms with Crippen LogP contribution in [0.4, 0.5) is 17.1 Å². The van der Waals surface area contributed by atoms with Gasteiger partial charge in [-0.25, -0.2) is 4.98 Å². The number of pyridine rings is 1. The summed E-state index contributed by atoms with van der Waals surface area (Å²) in [6, 6.07) is 66.5. The van der Waals surface area contributed by atoms with Crippen molar-refractivity contribution in [3.05, 3.63) is 193 Å². The van der Waals surface area contributed by atoms with Gasteiger partial charge in [-0.05, 0) is 93.4 Å². The third-order valence-corrected chi connectivity index (χ3v) is 12.8. The largest absolute Gasteiger partial charge is 0.310 e. The zero-order valence-electron chi connectivity index (χ0n) is 30.6. The van der Waals surface area contributed by atoms with Crippen LogP contribution in [0.3, 0.4) is 0 Å². The van der Waals surface area contributed by atoms with Crippen molar-refractivity contribution in [3.8, 4) is 33.5 Å². The van der Waals surface area contributed by atoms with E-state index < -0.39 is 0 Å². The van der Waals surface area contributed by atoms with E-state index in [0.717, 1.165) is 28.1 Å². The molecule has 0 radical (unpaired) electrons. The van der Waals surface area contributed by atoms with Crippen LogP contribution in [0.2, 0.25) is 0 Å². The van der Waals surface area contributed by atoms with E-state index in [1.54, 1.807) is 0 Å². The molecule has 0 bridgehead atoms. The van der Waals surface area contributed by atoms with Crippen molar-refractivity contribution >= 4 is 70.2 Å². The van der Waals surface area contributed by atoms with Gasteiger partial charge >= 0.3 is 0 Å². The second-order valence-electron chi connectivity index (χ2n) is 15.1. The Balaban J connectivity index is 1.14. The van der Waals surface area contributed by atoms with E-state index in [0.29, 0.717) is 0 Å². The summed E-state index contributed by atoms with van der Waals surface area (Å²) in [7, 11) is 0.